The highest BCUT2D eigenvalue weighted by Gasteiger charge is 2.21. The van der Waals surface area contributed by atoms with Crippen LogP contribution in [0.1, 0.15) is 41.7 Å². The van der Waals surface area contributed by atoms with Crippen molar-refractivity contribution in [2.75, 3.05) is 13.1 Å². The first-order valence-corrected chi connectivity index (χ1v) is 11.0. The minimum absolute atomic E-state index is 0.00890. The maximum Gasteiger partial charge on any atom is 0.253 e. The molecule has 1 aliphatic carbocycles. The molecule has 5 rings (SSSR count). The highest BCUT2D eigenvalue weighted by atomic mass is 19.1. The fourth-order valence-electron chi connectivity index (χ4n) is 4.25. The first-order valence-electron chi connectivity index (χ1n) is 11.0. The number of piperidine rings is 1. The maximum absolute atomic E-state index is 13.7. The van der Waals surface area contributed by atoms with Crippen LogP contribution < -0.4 is 0 Å². The zero-order valence-electron chi connectivity index (χ0n) is 17.6. The minimum Gasteiger partial charge on any atom is -0.339 e. The van der Waals surface area contributed by atoms with Gasteiger partial charge in [0.25, 0.3) is 5.91 Å². The molecule has 2 heterocycles. The third kappa shape index (κ3) is 4.05. The second-order valence-corrected chi connectivity index (χ2v) is 8.25. The fourth-order valence-corrected chi connectivity index (χ4v) is 4.25. The van der Waals surface area contributed by atoms with Gasteiger partial charge in [0.05, 0.1) is 22.4 Å². The molecule has 1 aliphatic heterocycles. The Morgan fingerprint density at radius 2 is 1.69 bits per heavy atom. The second-order valence-electron chi connectivity index (χ2n) is 8.25. The normalized spacial score (nSPS) is 18.6. The van der Waals surface area contributed by atoms with E-state index in [4.69, 9.17) is 9.97 Å². The number of aromatic nitrogens is 2. The van der Waals surface area contributed by atoms with Gasteiger partial charge in [-0.3, -0.25) is 4.79 Å². The average Bonchev–Trinajstić information content (AvgIpc) is 2.84. The molecule has 3 aromatic rings. The molecule has 1 atom stereocenters. The summed E-state index contributed by atoms with van der Waals surface area (Å²) in [5.74, 6) is -0.323. The molecule has 162 valence electrons. The number of amides is 1. The highest BCUT2D eigenvalue weighted by Crippen LogP contribution is 2.31. The molecule has 0 N–H and O–H groups in total. The van der Waals surface area contributed by atoms with E-state index in [1.54, 1.807) is 42.5 Å². The summed E-state index contributed by atoms with van der Waals surface area (Å²) < 4.78 is 27.2. The van der Waals surface area contributed by atoms with E-state index in [9.17, 15) is 13.6 Å². The van der Waals surface area contributed by atoms with Crippen molar-refractivity contribution >= 4 is 22.5 Å². The van der Waals surface area contributed by atoms with Gasteiger partial charge in [-0.05, 0) is 73.4 Å². The van der Waals surface area contributed by atoms with Crippen LogP contribution in [-0.2, 0) is 0 Å². The number of carbonyl (C=O) groups excluding carboxylic acids is 1. The molecule has 1 unspecified atom stereocenters. The van der Waals surface area contributed by atoms with Crippen molar-refractivity contribution in [2.24, 2.45) is 0 Å². The first-order chi connectivity index (χ1) is 15.6. The number of rotatable bonds is 3. The topological polar surface area (TPSA) is 46.1 Å². The monoisotopic (exact) mass is 431 g/mol. The van der Waals surface area contributed by atoms with Gasteiger partial charge in [-0.2, -0.15) is 0 Å². The molecule has 2 aliphatic rings. The number of hydrogen-bond acceptors (Lipinski definition) is 3. The molecular formula is C26H23F2N3O. The highest BCUT2D eigenvalue weighted by molar-refractivity contribution is 5.98. The van der Waals surface area contributed by atoms with Crippen molar-refractivity contribution in [3.63, 3.8) is 0 Å². The summed E-state index contributed by atoms with van der Waals surface area (Å²) >= 11 is 0. The van der Waals surface area contributed by atoms with E-state index in [-0.39, 0.29) is 18.1 Å². The van der Waals surface area contributed by atoms with Gasteiger partial charge in [0.1, 0.15) is 12.0 Å². The number of likely N-dealkylation sites (tertiary alicyclic amines) is 1. The molecule has 1 aromatic heterocycles. The van der Waals surface area contributed by atoms with E-state index < -0.39 is 6.17 Å². The van der Waals surface area contributed by atoms with Gasteiger partial charge in [0.2, 0.25) is 0 Å². The van der Waals surface area contributed by atoms with Gasteiger partial charge in [-0.15, -0.1) is 0 Å². The average molecular weight is 431 g/mol. The summed E-state index contributed by atoms with van der Waals surface area (Å²) in [5, 5.41) is 0. The van der Waals surface area contributed by atoms with Crippen LogP contribution in [-0.4, -0.2) is 40.0 Å². The van der Waals surface area contributed by atoms with Crippen LogP contribution in [0.15, 0.2) is 60.7 Å². The van der Waals surface area contributed by atoms with Crippen molar-refractivity contribution in [2.45, 2.75) is 31.9 Å². The van der Waals surface area contributed by atoms with Crippen molar-refractivity contribution in [1.82, 2.24) is 14.9 Å². The molecular weight excluding hydrogens is 408 g/mol. The van der Waals surface area contributed by atoms with Gasteiger partial charge >= 0.3 is 0 Å². The molecule has 1 amide bonds. The van der Waals surface area contributed by atoms with E-state index in [1.165, 1.54) is 18.2 Å². The summed E-state index contributed by atoms with van der Waals surface area (Å²) in [7, 11) is 0. The largest absolute Gasteiger partial charge is 0.339 e. The van der Waals surface area contributed by atoms with Gasteiger partial charge in [-0.1, -0.05) is 12.2 Å². The molecule has 0 bridgehead atoms. The molecule has 1 fully saturated rings. The number of fused-ring (bicyclic) bond motifs is 1. The Labute approximate surface area is 185 Å². The van der Waals surface area contributed by atoms with E-state index in [1.807, 2.05) is 4.90 Å². The summed E-state index contributed by atoms with van der Waals surface area (Å²) in [6, 6.07) is 11.5. The van der Waals surface area contributed by atoms with Crippen LogP contribution >= 0.6 is 0 Å². The van der Waals surface area contributed by atoms with Crippen LogP contribution in [0, 0.1) is 5.82 Å². The zero-order chi connectivity index (χ0) is 22.1. The van der Waals surface area contributed by atoms with Crippen molar-refractivity contribution in [1.29, 1.82) is 0 Å². The Morgan fingerprint density at radius 3 is 2.41 bits per heavy atom. The van der Waals surface area contributed by atoms with Crippen LogP contribution in [0.3, 0.4) is 0 Å². The number of hydrogen-bond donors (Lipinski definition) is 0. The van der Waals surface area contributed by atoms with Gasteiger partial charge in [0, 0.05) is 30.6 Å². The summed E-state index contributed by atoms with van der Waals surface area (Å²) in [6.07, 6.45) is 7.48. The number of alkyl halides is 1. The lowest BCUT2D eigenvalue weighted by atomic mass is 9.98. The first kappa shape index (κ1) is 20.5. The van der Waals surface area contributed by atoms with Crippen LogP contribution in [0.2, 0.25) is 0 Å². The maximum atomic E-state index is 13.7. The number of carbonyl (C=O) groups is 1. The quantitative estimate of drug-likeness (QED) is 0.531. The predicted molar refractivity (Wildman–Crippen MR) is 121 cm³/mol. The van der Waals surface area contributed by atoms with E-state index >= 15 is 0 Å². The number of nitrogens with zero attached hydrogens (tertiary/aromatic N) is 3. The lowest BCUT2D eigenvalue weighted by molar-refractivity contribution is 0.0724. The van der Waals surface area contributed by atoms with Gasteiger partial charge in [0.15, 0.2) is 0 Å². The van der Waals surface area contributed by atoms with Crippen molar-refractivity contribution < 1.29 is 13.6 Å². The second kappa shape index (κ2) is 8.61. The van der Waals surface area contributed by atoms with E-state index in [0.29, 0.717) is 28.0 Å². The third-order valence-electron chi connectivity index (χ3n) is 5.99. The molecule has 0 spiro atoms. The lowest BCUT2D eigenvalue weighted by Gasteiger charge is -2.26. The molecule has 4 nitrogen and oxygen atoms in total. The Kier molecular flexibility index (Phi) is 5.52. The third-order valence-corrected chi connectivity index (χ3v) is 5.99. The number of allylic oxidation sites excluding steroid dienone is 4. The van der Waals surface area contributed by atoms with Crippen LogP contribution in [0.25, 0.3) is 27.9 Å². The minimum atomic E-state index is -1.02. The summed E-state index contributed by atoms with van der Waals surface area (Å²) in [4.78, 5) is 24.5. The molecule has 0 saturated carbocycles. The number of benzene rings is 2. The number of halogens is 2. The SMILES string of the molecule is O=C(c1ccc2nc(-c3ccc(F)cc3)c(C3=CCC(F)C=C3)nc2c1)N1CCCCC1. The van der Waals surface area contributed by atoms with Gasteiger partial charge in [-0.25, -0.2) is 18.7 Å². The Hall–Kier alpha value is -3.41. The van der Waals surface area contributed by atoms with Gasteiger partial charge < -0.3 is 4.90 Å². The molecule has 2 aromatic carbocycles. The van der Waals surface area contributed by atoms with E-state index in [2.05, 4.69) is 0 Å². The Balaban J connectivity index is 1.61. The molecule has 6 heteroatoms. The predicted octanol–water partition coefficient (Wildman–Crippen LogP) is 5.74. The molecule has 1 saturated heterocycles. The van der Waals surface area contributed by atoms with Crippen LogP contribution in [0.4, 0.5) is 8.78 Å². The van der Waals surface area contributed by atoms with Crippen molar-refractivity contribution in [3.8, 4) is 11.3 Å². The summed E-state index contributed by atoms with van der Waals surface area (Å²) in [5.41, 5.74) is 4.51. The summed E-state index contributed by atoms with van der Waals surface area (Å²) in [6.45, 7) is 1.55. The van der Waals surface area contributed by atoms with E-state index in [0.717, 1.165) is 43.5 Å². The Bertz CT molecular complexity index is 1230. The molecule has 0 radical (unpaired) electrons. The van der Waals surface area contributed by atoms with Crippen LogP contribution in [0.5, 0.6) is 0 Å². The molecule has 32 heavy (non-hydrogen) atoms. The zero-order valence-corrected chi connectivity index (χ0v) is 17.6. The smallest absolute Gasteiger partial charge is 0.253 e. The van der Waals surface area contributed by atoms with Crippen molar-refractivity contribution in [3.05, 3.63) is 77.8 Å². The Morgan fingerprint density at radius 1 is 0.938 bits per heavy atom. The standard InChI is InChI=1S/C26H23F2N3O/c27-20-9-4-17(5-10-20)24-25(18-6-11-21(28)12-7-18)30-23-16-19(8-13-22(23)29-24)26(32)31-14-2-1-3-15-31/h4-11,13,16,21H,1-3,12,14-15H2. The lowest BCUT2D eigenvalue weighted by Crippen LogP contribution is -2.35. The fraction of sp³-hybridized carbons (Fsp3) is 0.269.